The molecule has 1 aromatic heterocycles. The summed E-state index contributed by atoms with van der Waals surface area (Å²) < 4.78 is 10.9. The van der Waals surface area contributed by atoms with Crippen molar-refractivity contribution in [1.29, 1.82) is 0 Å². The number of hydrogen-bond acceptors (Lipinski definition) is 5. The molecule has 1 N–H and O–H groups in total. The van der Waals surface area contributed by atoms with E-state index in [1.807, 2.05) is 13.0 Å². The van der Waals surface area contributed by atoms with E-state index in [0.717, 1.165) is 0 Å². The van der Waals surface area contributed by atoms with Crippen LogP contribution in [0, 0.1) is 0 Å². The van der Waals surface area contributed by atoms with Crippen molar-refractivity contribution in [3.05, 3.63) is 76.9 Å². The van der Waals surface area contributed by atoms with Crippen LogP contribution in [0.25, 0.3) is 10.9 Å². The van der Waals surface area contributed by atoms with Gasteiger partial charge in [-0.2, -0.15) is 0 Å². The lowest BCUT2D eigenvalue weighted by Crippen LogP contribution is -2.32. The van der Waals surface area contributed by atoms with Crippen molar-refractivity contribution in [2.75, 3.05) is 20.3 Å². The molecular formula is C22H23N3O4. The molecule has 7 nitrogen and oxygen atoms in total. The maximum atomic E-state index is 13.0. The fourth-order valence-electron chi connectivity index (χ4n) is 2.97. The van der Waals surface area contributed by atoms with Crippen LogP contribution < -0.4 is 15.0 Å². The molecule has 0 unspecified atom stereocenters. The molecule has 0 aliphatic rings. The minimum absolute atomic E-state index is 0.187. The Morgan fingerprint density at radius 1 is 1.24 bits per heavy atom. The molecule has 29 heavy (non-hydrogen) atoms. The number of ether oxygens (including phenoxy) is 2. The lowest BCUT2D eigenvalue weighted by molar-refractivity contribution is 0.0748. The molecular weight excluding hydrogens is 370 g/mol. The van der Waals surface area contributed by atoms with Gasteiger partial charge in [-0.15, -0.1) is 0 Å². The number of amides is 1. The number of methoxy groups -OCH3 is 1. The minimum Gasteiger partial charge on any atom is -0.493 e. The molecule has 0 bridgehead atoms. The Kier molecular flexibility index (Phi) is 6.29. The first-order chi connectivity index (χ1) is 14.1. The number of carbonyl (C=O) groups excluding carboxylic acids is 1. The van der Waals surface area contributed by atoms with Crippen LogP contribution in [0.2, 0.25) is 0 Å². The number of carbonyl (C=O) groups is 1. The zero-order chi connectivity index (χ0) is 20.8. The number of aromatic nitrogens is 2. The van der Waals surface area contributed by atoms with Crippen LogP contribution in [0.1, 0.15) is 23.1 Å². The van der Waals surface area contributed by atoms with E-state index >= 15 is 0 Å². The highest BCUT2D eigenvalue weighted by Gasteiger charge is 2.18. The first kappa shape index (κ1) is 20.1. The summed E-state index contributed by atoms with van der Waals surface area (Å²) in [5, 5.41) is 0.519. The van der Waals surface area contributed by atoms with Gasteiger partial charge in [0, 0.05) is 12.1 Å². The van der Waals surface area contributed by atoms with Gasteiger partial charge in [-0.25, -0.2) is 4.98 Å². The second kappa shape index (κ2) is 9.05. The van der Waals surface area contributed by atoms with Gasteiger partial charge in [0.2, 0.25) is 0 Å². The molecule has 1 amide bonds. The smallest absolute Gasteiger partial charge is 0.258 e. The van der Waals surface area contributed by atoms with E-state index in [9.17, 15) is 9.59 Å². The predicted octanol–water partition coefficient (Wildman–Crippen LogP) is 3.16. The number of nitrogens with one attached hydrogen (secondary N) is 1. The molecule has 150 valence electrons. The van der Waals surface area contributed by atoms with Crippen molar-refractivity contribution in [2.24, 2.45) is 0 Å². The molecule has 0 fully saturated rings. The zero-order valence-electron chi connectivity index (χ0n) is 16.5. The van der Waals surface area contributed by atoms with E-state index in [-0.39, 0.29) is 18.0 Å². The maximum absolute atomic E-state index is 13.0. The van der Waals surface area contributed by atoms with Gasteiger partial charge in [-0.3, -0.25) is 9.59 Å². The van der Waals surface area contributed by atoms with Gasteiger partial charge in [-0.1, -0.05) is 24.8 Å². The number of rotatable bonds is 8. The van der Waals surface area contributed by atoms with Crippen molar-refractivity contribution >= 4 is 16.8 Å². The van der Waals surface area contributed by atoms with E-state index in [2.05, 4.69) is 16.5 Å². The molecule has 0 saturated heterocycles. The van der Waals surface area contributed by atoms with Crippen LogP contribution in [-0.4, -0.2) is 41.0 Å². The SMILES string of the molecule is C=CCOc1ccc(C(=O)N(CC)Cc2nc3ccccc3c(=O)[nH]2)cc1OC. The summed E-state index contributed by atoms with van der Waals surface area (Å²) in [4.78, 5) is 34.1. The van der Waals surface area contributed by atoms with Crippen LogP contribution in [0.4, 0.5) is 0 Å². The minimum atomic E-state index is -0.223. The first-order valence-corrected chi connectivity index (χ1v) is 9.26. The summed E-state index contributed by atoms with van der Waals surface area (Å²) in [6.45, 7) is 6.47. The van der Waals surface area contributed by atoms with Gasteiger partial charge >= 0.3 is 0 Å². The number of fused-ring (bicyclic) bond motifs is 1. The Morgan fingerprint density at radius 3 is 2.76 bits per heavy atom. The van der Waals surface area contributed by atoms with E-state index in [4.69, 9.17) is 9.47 Å². The largest absolute Gasteiger partial charge is 0.493 e. The Bertz CT molecular complexity index is 1090. The normalized spacial score (nSPS) is 10.6. The van der Waals surface area contributed by atoms with Gasteiger partial charge in [0.05, 0.1) is 24.6 Å². The van der Waals surface area contributed by atoms with Crippen LogP contribution in [0.3, 0.4) is 0 Å². The molecule has 3 aromatic rings. The monoisotopic (exact) mass is 393 g/mol. The number of H-pyrrole nitrogens is 1. The van der Waals surface area contributed by atoms with Gasteiger partial charge in [0.25, 0.3) is 11.5 Å². The molecule has 3 rings (SSSR count). The number of benzene rings is 2. The highest BCUT2D eigenvalue weighted by molar-refractivity contribution is 5.95. The maximum Gasteiger partial charge on any atom is 0.258 e. The van der Waals surface area contributed by atoms with Gasteiger partial charge in [0.1, 0.15) is 12.4 Å². The lowest BCUT2D eigenvalue weighted by Gasteiger charge is -2.21. The predicted molar refractivity (Wildman–Crippen MR) is 111 cm³/mol. The van der Waals surface area contributed by atoms with E-state index in [0.29, 0.717) is 46.9 Å². The van der Waals surface area contributed by atoms with Crippen molar-refractivity contribution in [3.8, 4) is 11.5 Å². The molecule has 2 aromatic carbocycles. The summed E-state index contributed by atoms with van der Waals surface area (Å²) in [5.74, 6) is 1.23. The third-order valence-corrected chi connectivity index (χ3v) is 4.44. The van der Waals surface area contributed by atoms with Crippen LogP contribution >= 0.6 is 0 Å². The number of para-hydroxylation sites is 1. The van der Waals surface area contributed by atoms with Crippen LogP contribution in [0.5, 0.6) is 11.5 Å². The van der Waals surface area contributed by atoms with E-state index < -0.39 is 0 Å². The highest BCUT2D eigenvalue weighted by Crippen LogP contribution is 2.28. The van der Waals surface area contributed by atoms with Gasteiger partial charge < -0.3 is 19.4 Å². The van der Waals surface area contributed by atoms with E-state index in [1.165, 1.54) is 7.11 Å². The molecule has 0 aliphatic carbocycles. The summed E-state index contributed by atoms with van der Waals surface area (Å²) in [6.07, 6.45) is 1.63. The van der Waals surface area contributed by atoms with Crippen LogP contribution in [0.15, 0.2) is 59.9 Å². The third-order valence-electron chi connectivity index (χ3n) is 4.44. The molecule has 0 radical (unpaired) electrons. The van der Waals surface area contributed by atoms with Crippen molar-refractivity contribution in [3.63, 3.8) is 0 Å². The Hall–Kier alpha value is -3.61. The Morgan fingerprint density at radius 2 is 2.03 bits per heavy atom. The second-order valence-electron chi connectivity index (χ2n) is 6.31. The standard InChI is InChI=1S/C22H23N3O4/c1-4-12-29-18-11-10-15(13-19(18)28-3)22(27)25(5-2)14-20-23-17-9-7-6-8-16(17)21(26)24-20/h4,6-11,13H,1,5,12,14H2,2-3H3,(H,23,24,26). The Balaban J connectivity index is 1.85. The third kappa shape index (κ3) is 4.45. The summed E-state index contributed by atoms with van der Waals surface area (Å²) in [6, 6.07) is 12.1. The quantitative estimate of drug-likeness (QED) is 0.594. The first-order valence-electron chi connectivity index (χ1n) is 9.26. The summed E-state index contributed by atoms with van der Waals surface area (Å²) in [5.41, 5.74) is 0.831. The molecule has 0 saturated carbocycles. The molecule has 7 heteroatoms. The summed E-state index contributed by atoms with van der Waals surface area (Å²) >= 11 is 0. The number of aromatic amines is 1. The molecule has 1 heterocycles. The highest BCUT2D eigenvalue weighted by atomic mass is 16.5. The average Bonchev–Trinajstić information content (AvgIpc) is 2.75. The van der Waals surface area contributed by atoms with Crippen molar-refractivity contribution < 1.29 is 14.3 Å². The van der Waals surface area contributed by atoms with Crippen molar-refractivity contribution in [1.82, 2.24) is 14.9 Å². The molecule has 0 atom stereocenters. The fraction of sp³-hybridized carbons (Fsp3) is 0.227. The van der Waals surface area contributed by atoms with Crippen LogP contribution in [-0.2, 0) is 6.54 Å². The number of hydrogen-bond donors (Lipinski definition) is 1. The zero-order valence-corrected chi connectivity index (χ0v) is 16.5. The topological polar surface area (TPSA) is 84.5 Å². The van der Waals surface area contributed by atoms with Gasteiger partial charge in [-0.05, 0) is 37.3 Å². The lowest BCUT2D eigenvalue weighted by atomic mass is 10.1. The summed E-state index contributed by atoms with van der Waals surface area (Å²) in [7, 11) is 1.52. The fourth-order valence-corrected chi connectivity index (χ4v) is 2.97. The number of nitrogens with zero attached hydrogens (tertiary/aromatic N) is 2. The van der Waals surface area contributed by atoms with E-state index in [1.54, 1.807) is 47.4 Å². The molecule has 0 spiro atoms. The van der Waals surface area contributed by atoms with Crippen molar-refractivity contribution in [2.45, 2.75) is 13.5 Å². The molecule has 0 aliphatic heterocycles. The second-order valence-corrected chi connectivity index (χ2v) is 6.31. The Labute approximate surface area is 168 Å². The average molecular weight is 393 g/mol. The van der Waals surface area contributed by atoms with Gasteiger partial charge in [0.15, 0.2) is 11.5 Å².